The molecule has 2 aromatic rings. The quantitative estimate of drug-likeness (QED) is 0.902. The normalized spacial score (nSPS) is 16.1. The highest BCUT2D eigenvalue weighted by atomic mass is 35.5. The smallest absolute Gasteiger partial charge is 0.314 e. The van der Waals surface area contributed by atoms with Gasteiger partial charge in [0.1, 0.15) is 5.01 Å². The van der Waals surface area contributed by atoms with E-state index >= 15 is 0 Å². The zero-order valence-corrected chi connectivity index (χ0v) is 13.9. The maximum atomic E-state index is 12.6. The highest BCUT2D eigenvalue weighted by Crippen LogP contribution is 2.31. The number of nitrogens with zero attached hydrogens (tertiary/aromatic N) is 2. The van der Waals surface area contributed by atoms with Crippen LogP contribution in [0.5, 0.6) is 0 Å². The zero-order valence-electron chi connectivity index (χ0n) is 12.3. The molecule has 0 aliphatic carbocycles. The van der Waals surface area contributed by atoms with Gasteiger partial charge in [0.25, 0.3) is 0 Å². The van der Waals surface area contributed by atoms with Crippen molar-refractivity contribution in [2.45, 2.75) is 12.7 Å². The third kappa shape index (κ3) is 4.67. The Balaban J connectivity index is 0.00000192. The van der Waals surface area contributed by atoms with Gasteiger partial charge in [-0.2, -0.15) is 13.2 Å². The minimum absolute atomic E-state index is 0. The van der Waals surface area contributed by atoms with Crippen LogP contribution in [0.1, 0.15) is 11.3 Å². The lowest BCUT2D eigenvalue weighted by atomic mass is 10.1. The molecule has 0 unspecified atom stereocenters. The molecule has 0 radical (unpaired) electrons. The number of alkyl halides is 3. The summed E-state index contributed by atoms with van der Waals surface area (Å²) >= 11 is 1.47. The van der Waals surface area contributed by atoms with E-state index in [0.717, 1.165) is 61.1 Å². The number of hydrogen-bond donors (Lipinski definition) is 1. The molecule has 23 heavy (non-hydrogen) atoms. The average molecular weight is 364 g/mol. The van der Waals surface area contributed by atoms with E-state index in [0.29, 0.717) is 0 Å². The van der Waals surface area contributed by atoms with Gasteiger partial charge in [0, 0.05) is 43.7 Å². The lowest BCUT2D eigenvalue weighted by Crippen LogP contribution is -2.42. The third-order valence-corrected chi connectivity index (χ3v) is 4.55. The monoisotopic (exact) mass is 363 g/mol. The summed E-state index contributed by atoms with van der Waals surface area (Å²) in [6, 6.07) is 5.17. The number of halogens is 4. The predicted molar refractivity (Wildman–Crippen MR) is 87.9 cm³/mol. The van der Waals surface area contributed by atoms with Gasteiger partial charge in [-0.1, -0.05) is 12.1 Å². The van der Waals surface area contributed by atoms with Crippen LogP contribution in [0, 0.1) is 0 Å². The van der Waals surface area contributed by atoms with Crippen LogP contribution in [-0.2, 0) is 12.7 Å². The number of rotatable bonds is 3. The molecule has 1 N–H and O–H groups in total. The molecule has 0 amide bonds. The minimum Gasteiger partial charge on any atom is -0.314 e. The Kier molecular flexibility index (Phi) is 6.02. The fourth-order valence-electron chi connectivity index (χ4n) is 2.41. The van der Waals surface area contributed by atoms with Crippen LogP contribution >= 0.6 is 23.7 Å². The number of piperazine rings is 1. The first-order valence-corrected chi connectivity index (χ1v) is 7.95. The number of hydrogen-bond acceptors (Lipinski definition) is 4. The average Bonchev–Trinajstić information content (AvgIpc) is 2.96. The molecule has 0 spiro atoms. The summed E-state index contributed by atoms with van der Waals surface area (Å²) in [6.45, 7) is 4.74. The van der Waals surface area contributed by atoms with E-state index in [1.807, 2.05) is 5.38 Å². The molecule has 1 saturated heterocycles. The Hall–Kier alpha value is -1.15. The van der Waals surface area contributed by atoms with E-state index in [1.54, 1.807) is 0 Å². The SMILES string of the molecule is Cl.FC(F)(F)c1ccc(-c2nc(CN3CCNCC3)cs2)cc1. The Labute approximate surface area is 142 Å². The van der Waals surface area contributed by atoms with Crippen LogP contribution in [0.3, 0.4) is 0 Å². The Bertz CT molecular complexity index is 622. The van der Waals surface area contributed by atoms with Crippen molar-refractivity contribution < 1.29 is 13.2 Å². The van der Waals surface area contributed by atoms with Crippen molar-refractivity contribution in [2.75, 3.05) is 26.2 Å². The van der Waals surface area contributed by atoms with E-state index in [4.69, 9.17) is 0 Å². The lowest BCUT2D eigenvalue weighted by molar-refractivity contribution is -0.137. The summed E-state index contributed by atoms with van der Waals surface area (Å²) in [6.07, 6.45) is -4.30. The molecule has 0 bridgehead atoms. The van der Waals surface area contributed by atoms with Crippen LogP contribution in [0.15, 0.2) is 29.6 Å². The van der Waals surface area contributed by atoms with Gasteiger partial charge in [-0.05, 0) is 12.1 Å². The Morgan fingerprint density at radius 2 is 1.78 bits per heavy atom. The molecular formula is C15H17ClF3N3S. The summed E-state index contributed by atoms with van der Waals surface area (Å²) in [5.41, 5.74) is 1.07. The summed E-state index contributed by atoms with van der Waals surface area (Å²) in [4.78, 5) is 6.86. The molecule has 126 valence electrons. The van der Waals surface area contributed by atoms with Crippen LogP contribution in [0.25, 0.3) is 10.6 Å². The second-order valence-corrected chi connectivity index (χ2v) is 6.10. The first kappa shape index (κ1) is 18.2. The number of thiazole rings is 1. The van der Waals surface area contributed by atoms with Gasteiger partial charge in [-0.3, -0.25) is 4.90 Å². The van der Waals surface area contributed by atoms with Crippen LogP contribution in [0.2, 0.25) is 0 Å². The van der Waals surface area contributed by atoms with Gasteiger partial charge >= 0.3 is 6.18 Å². The fourth-order valence-corrected chi connectivity index (χ4v) is 3.23. The number of aromatic nitrogens is 1. The van der Waals surface area contributed by atoms with Crippen LogP contribution < -0.4 is 5.32 Å². The second kappa shape index (κ2) is 7.61. The van der Waals surface area contributed by atoms with Gasteiger partial charge in [-0.15, -0.1) is 23.7 Å². The van der Waals surface area contributed by atoms with Crippen LogP contribution in [0.4, 0.5) is 13.2 Å². The predicted octanol–water partition coefficient (Wildman–Crippen LogP) is 3.66. The molecule has 2 heterocycles. The van der Waals surface area contributed by atoms with Crippen molar-refractivity contribution in [3.63, 3.8) is 0 Å². The van der Waals surface area contributed by atoms with Gasteiger partial charge in [-0.25, -0.2) is 4.98 Å². The second-order valence-electron chi connectivity index (χ2n) is 5.25. The van der Waals surface area contributed by atoms with Crippen molar-refractivity contribution in [3.8, 4) is 10.6 Å². The maximum absolute atomic E-state index is 12.6. The zero-order chi connectivity index (χ0) is 15.6. The van der Waals surface area contributed by atoms with E-state index in [9.17, 15) is 13.2 Å². The van der Waals surface area contributed by atoms with Crippen molar-refractivity contribution in [3.05, 3.63) is 40.9 Å². The Morgan fingerprint density at radius 3 is 2.39 bits per heavy atom. The fraction of sp³-hybridized carbons (Fsp3) is 0.400. The van der Waals surface area contributed by atoms with Crippen molar-refractivity contribution in [1.29, 1.82) is 0 Å². The highest BCUT2D eigenvalue weighted by molar-refractivity contribution is 7.13. The van der Waals surface area contributed by atoms with Crippen molar-refractivity contribution in [2.24, 2.45) is 0 Å². The molecule has 3 nitrogen and oxygen atoms in total. The molecule has 1 aromatic carbocycles. The summed E-state index contributed by atoms with van der Waals surface area (Å²) in [5, 5.41) is 6.04. The molecule has 1 aromatic heterocycles. The molecule has 8 heteroatoms. The third-order valence-electron chi connectivity index (χ3n) is 3.61. The summed E-state index contributed by atoms with van der Waals surface area (Å²) < 4.78 is 37.7. The minimum atomic E-state index is -4.30. The summed E-state index contributed by atoms with van der Waals surface area (Å²) in [7, 11) is 0. The molecule has 1 aliphatic heterocycles. The van der Waals surface area contributed by atoms with Gasteiger partial charge in [0.15, 0.2) is 0 Å². The van der Waals surface area contributed by atoms with Crippen molar-refractivity contribution in [1.82, 2.24) is 15.2 Å². The van der Waals surface area contributed by atoms with E-state index in [1.165, 1.54) is 23.5 Å². The molecule has 3 rings (SSSR count). The van der Waals surface area contributed by atoms with Gasteiger partial charge < -0.3 is 5.32 Å². The maximum Gasteiger partial charge on any atom is 0.416 e. The summed E-state index contributed by atoms with van der Waals surface area (Å²) in [5.74, 6) is 0. The topological polar surface area (TPSA) is 28.2 Å². The lowest BCUT2D eigenvalue weighted by Gasteiger charge is -2.26. The molecule has 0 atom stereocenters. The highest BCUT2D eigenvalue weighted by Gasteiger charge is 2.30. The molecule has 1 aliphatic rings. The number of nitrogens with one attached hydrogen (secondary N) is 1. The first-order valence-electron chi connectivity index (χ1n) is 7.07. The standard InChI is InChI=1S/C15H16F3N3S.ClH/c16-15(17,18)12-3-1-11(2-4-12)14-20-13(10-22-14)9-21-7-5-19-6-8-21;/h1-4,10,19H,5-9H2;1H. The first-order chi connectivity index (χ1) is 10.5. The van der Waals surface area contributed by atoms with E-state index < -0.39 is 11.7 Å². The largest absolute Gasteiger partial charge is 0.416 e. The van der Waals surface area contributed by atoms with Gasteiger partial charge in [0.2, 0.25) is 0 Å². The Morgan fingerprint density at radius 1 is 1.13 bits per heavy atom. The van der Waals surface area contributed by atoms with E-state index in [2.05, 4.69) is 15.2 Å². The van der Waals surface area contributed by atoms with Gasteiger partial charge in [0.05, 0.1) is 11.3 Å². The number of benzene rings is 1. The molecular weight excluding hydrogens is 347 g/mol. The molecule has 1 fully saturated rings. The van der Waals surface area contributed by atoms with E-state index in [-0.39, 0.29) is 12.4 Å². The van der Waals surface area contributed by atoms with Crippen LogP contribution in [-0.4, -0.2) is 36.1 Å². The molecule has 0 saturated carbocycles. The van der Waals surface area contributed by atoms with Crippen molar-refractivity contribution >= 4 is 23.7 Å².